The van der Waals surface area contributed by atoms with E-state index in [2.05, 4.69) is 72.6 Å². The lowest BCUT2D eigenvalue weighted by atomic mass is 9.95. The number of nitrogens with one attached hydrogen (secondary N) is 1. The molecular weight excluding hydrogens is 340 g/mol. The summed E-state index contributed by atoms with van der Waals surface area (Å²) in [4.78, 5) is 3.75. The zero-order chi connectivity index (χ0) is 19.3. The number of fused-ring (bicyclic) bond motifs is 2. The van der Waals surface area contributed by atoms with Crippen molar-refractivity contribution in [2.24, 2.45) is 5.73 Å². The number of aromatic amines is 1. The summed E-state index contributed by atoms with van der Waals surface area (Å²) in [5, 5.41) is 3.98. The van der Waals surface area contributed by atoms with Gasteiger partial charge in [-0.1, -0.05) is 61.9 Å². The Morgan fingerprint density at radius 2 is 1.68 bits per heavy atom. The van der Waals surface area contributed by atoms with Gasteiger partial charge < -0.3 is 10.7 Å². The minimum Gasteiger partial charge on any atom is -0.354 e. The van der Waals surface area contributed by atoms with Crippen LogP contribution in [0.4, 0.5) is 0 Å². The van der Waals surface area contributed by atoms with Gasteiger partial charge >= 0.3 is 0 Å². The van der Waals surface area contributed by atoms with E-state index in [1.165, 1.54) is 56.9 Å². The van der Waals surface area contributed by atoms with Gasteiger partial charge in [0.2, 0.25) is 0 Å². The topological polar surface area (TPSA) is 41.8 Å². The number of rotatable bonds is 8. The van der Waals surface area contributed by atoms with E-state index in [-0.39, 0.29) is 0 Å². The average molecular weight is 371 g/mol. The smallest absolute Gasteiger partial charge is 0.0503 e. The first kappa shape index (κ1) is 18.8. The first-order valence-electron chi connectivity index (χ1n) is 10.6. The molecule has 1 aromatic heterocycles. The summed E-state index contributed by atoms with van der Waals surface area (Å²) in [6.45, 7) is 3.01. The first-order valence-corrected chi connectivity index (χ1v) is 10.6. The van der Waals surface area contributed by atoms with Crippen molar-refractivity contribution in [2.75, 3.05) is 6.54 Å². The number of aryl methyl sites for hydroxylation is 2. The lowest BCUT2D eigenvalue weighted by molar-refractivity contribution is 0.748. The minimum atomic E-state index is 0.758. The number of benzene rings is 3. The van der Waals surface area contributed by atoms with Crippen molar-refractivity contribution in [2.45, 2.75) is 45.4 Å². The van der Waals surface area contributed by atoms with Crippen molar-refractivity contribution in [3.05, 3.63) is 71.8 Å². The van der Waals surface area contributed by atoms with Crippen LogP contribution in [0, 0.1) is 0 Å². The number of hydrogen-bond acceptors (Lipinski definition) is 1. The SMILES string of the molecule is CCCCc1ccc2[nH]c(-c3cccc4ccccc34)c(CCCCN)c2c1. The van der Waals surface area contributed by atoms with Crippen molar-refractivity contribution >= 4 is 21.7 Å². The van der Waals surface area contributed by atoms with Crippen LogP contribution >= 0.6 is 0 Å². The van der Waals surface area contributed by atoms with Crippen LogP contribution in [0.15, 0.2) is 60.7 Å². The third-order valence-corrected chi connectivity index (χ3v) is 5.73. The highest BCUT2D eigenvalue weighted by atomic mass is 14.7. The molecule has 0 saturated heterocycles. The standard InChI is InChI=1S/C26H30N2/c1-2-3-9-19-15-16-25-24(18-19)23(13-6-7-17-27)26(28-25)22-14-8-11-20-10-4-5-12-21(20)22/h4-5,8,10-12,14-16,18,28H,2-3,6-7,9,13,17,27H2,1H3. The lowest BCUT2D eigenvalue weighted by Gasteiger charge is -2.09. The fraction of sp³-hybridized carbons (Fsp3) is 0.308. The van der Waals surface area contributed by atoms with Crippen molar-refractivity contribution in [3.63, 3.8) is 0 Å². The largest absolute Gasteiger partial charge is 0.354 e. The van der Waals surface area contributed by atoms with Crippen LogP contribution in [0.2, 0.25) is 0 Å². The van der Waals surface area contributed by atoms with Crippen LogP contribution in [0.25, 0.3) is 32.9 Å². The summed E-state index contributed by atoms with van der Waals surface area (Å²) in [6, 6.07) is 22.2. The fourth-order valence-electron chi connectivity index (χ4n) is 4.21. The summed E-state index contributed by atoms with van der Waals surface area (Å²) in [5.74, 6) is 0. The summed E-state index contributed by atoms with van der Waals surface area (Å²) in [5.41, 5.74) is 12.5. The molecule has 28 heavy (non-hydrogen) atoms. The van der Waals surface area contributed by atoms with Gasteiger partial charge in [0.1, 0.15) is 0 Å². The van der Waals surface area contributed by atoms with Gasteiger partial charge in [0.15, 0.2) is 0 Å². The molecule has 0 aliphatic carbocycles. The molecule has 1 heterocycles. The van der Waals surface area contributed by atoms with Gasteiger partial charge in [-0.3, -0.25) is 0 Å². The third-order valence-electron chi connectivity index (χ3n) is 5.73. The zero-order valence-electron chi connectivity index (χ0n) is 16.8. The van der Waals surface area contributed by atoms with Crippen LogP contribution in [0.1, 0.15) is 43.7 Å². The van der Waals surface area contributed by atoms with Gasteiger partial charge in [0.05, 0.1) is 5.69 Å². The normalized spacial score (nSPS) is 11.5. The summed E-state index contributed by atoms with van der Waals surface area (Å²) < 4.78 is 0. The van der Waals surface area contributed by atoms with E-state index in [0.717, 1.165) is 32.2 Å². The Balaban J connectivity index is 1.87. The molecule has 4 aromatic rings. The van der Waals surface area contributed by atoms with Gasteiger partial charge in [-0.25, -0.2) is 0 Å². The second-order valence-electron chi connectivity index (χ2n) is 7.73. The van der Waals surface area contributed by atoms with Crippen molar-refractivity contribution in [1.29, 1.82) is 0 Å². The molecule has 2 heteroatoms. The van der Waals surface area contributed by atoms with Crippen LogP contribution in [0.5, 0.6) is 0 Å². The Morgan fingerprint density at radius 1 is 0.821 bits per heavy atom. The maximum Gasteiger partial charge on any atom is 0.0503 e. The van der Waals surface area contributed by atoms with Gasteiger partial charge in [-0.2, -0.15) is 0 Å². The molecule has 0 amide bonds. The maximum absolute atomic E-state index is 5.78. The molecule has 4 rings (SSSR count). The Bertz CT molecular complexity index is 1070. The number of H-pyrrole nitrogens is 1. The predicted molar refractivity (Wildman–Crippen MR) is 122 cm³/mol. The number of nitrogens with two attached hydrogens (primary N) is 1. The summed E-state index contributed by atoms with van der Waals surface area (Å²) in [7, 11) is 0. The second-order valence-corrected chi connectivity index (χ2v) is 7.73. The molecule has 0 radical (unpaired) electrons. The minimum absolute atomic E-state index is 0.758. The molecule has 144 valence electrons. The highest BCUT2D eigenvalue weighted by Crippen LogP contribution is 2.36. The van der Waals surface area contributed by atoms with E-state index in [1.807, 2.05) is 0 Å². The van der Waals surface area contributed by atoms with E-state index in [9.17, 15) is 0 Å². The second kappa shape index (κ2) is 8.62. The lowest BCUT2D eigenvalue weighted by Crippen LogP contribution is -1.99. The van der Waals surface area contributed by atoms with Gasteiger partial charge in [-0.05, 0) is 72.7 Å². The molecule has 0 unspecified atom stereocenters. The van der Waals surface area contributed by atoms with Gasteiger partial charge in [0, 0.05) is 16.5 Å². The van der Waals surface area contributed by atoms with Crippen molar-refractivity contribution in [1.82, 2.24) is 4.98 Å². The van der Waals surface area contributed by atoms with Crippen LogP contribution in [0.3, 0.4) is 0 Å². The van der Waals surface area contributed by atoms with Crippen LogP contribution in [-0.4, -0.2) is 11.5 Å². The number of unbranched alkanes of at least 4 members (excludes halogenated alkanes) is 2. The molecule has 0 bridgehead atoms. The van der Waals surface area contributed by atoms with Gasteiger partial charge in [-0.15, -0.1) is 0 Å². The highest BCUT2D eigenvalue weighted by molar-refractivity contribution is 6.00. The summed E-state index contributed by atoms with van der Waals surface area (Å²) in [6.07, 6.45) is 6.89. The third kappa shape index (κ3) is 3.70. The predicted octanol–water partition coefficient (Wildman–Crippen LogP) is 6.61. The number of aromatic nitrogens is 1. The van der Waals surface area contributed by atoms with E-state index in [4.69, 9.17) is 5.73 Å². The van der Waals surface area contributed by atoms with E-state index in [0.29, 0.717) is 0 Å². The fourth-order valence-corrected chi connectivity index (χ4v) is 4.21. The molecule has 0 aliphatic heterocycles. The molecule has 0 aliphatic rings. The molecular formula is C26H30N2. The Labute approximate surface area is 167 Å². The van der Waals surface area contributed by atoms with Crippen LogP contribution < -0.4 is 5.73 Å². The molecule has 2 nitrogen and oxygen atoms in total. The monoisotopic (exact) mass is 370 g/mol. The Morgan fingerprint density at radius 3 is 2.54 bits per heavy atom. The quantitative estimate of drug-likeness (QED) is 0.337. The van der Waals surface area contributed by atoms with Crippen molar-refractivity contribution < 1.29 is 0 Å². The molecule has 0 saturated carbocycles. The summed E-state index contributed by atoms with van der Waals surface area (Å²) >= 11 is 0. The van der Waals surface area contributed by atoms with Crippen molar-refractivity contribution in [3.8, 4) is 11.3 Å². The van der Waals surface area contributed by atoms with Gasteiger partial charge in [0.25, 0.3) is 0 Å². The molecule has 3 aromatic carbocycles. The molecule has 0 atom stereocenters. The molecule has 0 spiro atoms. The van der Waals surface area contributed by atoms with Crippen LogP contribution in [-0.2, 0) is 12.8 Å². The number of hydrogen-bond donors (Lipinski definition) is 2. The maximum atomic E-state index is 5.78. The van der Waals surface area contributed by atoms with E-state index < -0.39 is 0 Å². The Hall–Kier alpha value is -2.58. The highest BCUT2D eigenvalue weighted by Gasteiger charge is 2.15. The van der Waals surface area contributed by atoms with E-state index >= 15 is 0 Å². The Kier molecular flexibility index (Phi) is 5.78. The zero-order valence-corrected chi connectivity index (χ0v) is 16.8. The molecule has 3 N–H and O–H groups in total. The molecule has 0 fully saturated rings. The van der Waals surface area contributed by atoms with E-state index in [1.54, 1.807) is 0 Å². The first-order chi connectivity index (χ1) is 13.8. The average Bonchev–Trinajstić information content (AvgIpc) is 3.09.